The summed E-state index contributed by atoms with van der Waals surface area (Å²) in [4.78, 5) is 62.7. The number of ether oxygens (including phenoxy) is 6. The van der Waals surface area contributed by atoms with Crippen LogP contribution in [0.15, 0.2) is 11.6 Å². The largest absolute Gasteiger partial charge is 0.462 e. The fourth-order valence-corrected chi connectivity index (χ4v) is 7.29. The van der Waals surface area contributed by atoms with Gasteiger partial charge in [-0.2, -0.15) is 0 Å². The van der Waals surface area contributed by atoms with E-state index in [-0.39, 0.29) is 12.8 Å². The first-order chi connectivity index (χ1) is 18.4. The molecular weight excluding hydrogens is 528 g/mol. The van der Waals surface area contributed by atoms with Gasteiger partial charge >= 0.3 is 29.8 Å². The van der Waals surface area contributed by atoms with Crippen LogP contribution in [-0.2, 0) is 52.4 Å². The molecule has 0 bridgehead atoms. The summed E-state index contributed by atoms with van der Waals surface area (Å²) in [5.41, 5.74) is -5.72. The standard InChI is InChI=1S/C28H38O12/c1-13-9-10-18(35-14(2)29)25(6)19(36-15(3)30)12-20(37-16(4)31)26(7,34)22(25)23(38-17(5)32)28-21(11-13)39-24(33)27(28,8)40-28/h11,18-23,34H,9-10,12H2,1-8H3. The third kappa shape index (κ3) is 4.49. The van der Waals surface area contributed by atoms with Crippen LogP contribution in [0.1, 0.15) is 74.7 Å². The molecule has 0 amide bonds. The molecule has 10 unspecified atom stereocenters. The van der Waals surface area contributed by atoms with Crippen LogP contribution in [0.3, 0.4) is 0 Å². The first-order valence-corrected chi connectivity index (χ1v) is 13.4. The molecule has 2 heterocycles. The summed E-state index contributed by atoms with van der Waals surface area (Å²) in [7, 11) is 0. The highest BCUT2D eigenvalue weighted by Gasteiger charge is 2.88. The molecule has 10 atom stereocenters. The van der Waals surface area contributed by atoms with Crippen molar-refractivity contribution in [3.05, 3.63) is 11.6 Å². The van der Waals surface area contributed by atoms with Crippen molar-refractivity contribution in [3.63, 3.8) is 0 Å². The fourth-order valence-electron chi connectivity index (χ4n) is 7.29. The maximum absolute atomic E-state index is 13.1. The molecule has 0 aromatic rings. The summed E-state index contributed by atoms with van der Waals surface area (Å²) in [6, 6.07) is 0. The topological polar surface area (TPSA) is 164 Å². The molecule has 2 saturated heterocycles. The normalized spacial score (nSPS) is 43.9. The lowest BCUT2D eigenvalue weighted by Gasteiger charge is -2.59. The minimum absolute atomic E-state index is 0.136. The Morgan fingerprint density at radius 2 is 1.40 bits per heavy atom. The number of carbonyl (C=O) groups is 5. The zero-order valence-electron chi connectivity index (χ0n) is 24.1. The summed E-state index contributed by atoms with van der Waals surface area (Å²) in [6.45, 7) is 11.2. The second-order valence-corrected chi connectivity index (χ2v) is 11.9. The van der Waals surface area contributed by atoms with E-state index in [1.54, 1.807) is 13.0 Å². The molecule has 2 aliphatic heterocycles. The van der Waals surface area contributed by atoms with Gasteiger partial charge in [0.15, 0.2) is 17.3 Å². The molecule has 3 fully saturated rings. The van der Waals surface area contributed by atoms with E-state index in [1.165, 1.54) is 41.5 Å². The van der Waals surface area contributed by atoms with E-state index in [9.17, 15) is 29.1 Å². The highest BCUT2D eigenvalue weighted by atomic mass is 16.7. The molecular formula is C28H38O12. The first kappa shape index (κ1) is 30.0. The molecule has 2 aliphatic carbocycles. The molecule has 1 N–H and O–H groups in total. The first-order valence-electron chi connectivity index (χ1n) is 13.4. The van der Waals surface area contributed by atoms with Gasteiger partial charge in [-0.05, 0) is 39.7 Å². The number of hydrogen-bond donors (Lipinski definition) is 1. The second kappa shape index (κ2) is 9.83. The second-order valence-electron chi connectivity index (χ2n) is 11.9. The van der Waals surface area contributed by atoms with Crippen LogP contribution in [0.5, 0.6) is 0 Å². The van der Waals surface area contributed by atoms with Crippen LogP contribution in [0.2, 0.25) is 0 Å². The van der Waals surface area contributed by atoms with Crippen LogP contribution < -0.4 is 0 Å². The number of allylic oxidation sites excluding steroid dienone is 1. The highest BCUT2D eigenvalue weighted by molar-refractivity contribution is 5.89. The van der Waals surface area contributed by atoms with E-state index in [4.69, 9.17) is 28.4 Å². The number of aliphatic hydroxyl groups is 1. The van der Waals surface area contributed by atoms with Crippen molar-refractivity contribution in [2.24, 2.45) is 11.3 Å². The van der Waals surface area contributed by atoms with Gasteiger partial charge in [-0.3, -0.25) is 19.2 Å². The molecule has 4 rings (SSSR count). The van der Waals surface area contributed by atoms with Crippen molar-refractivity contribution in [1.29, 1.82) is 0 Å². The number of hydrogen-bond acceptors (Lipinski definition) is 12. The van der Waals surface area contributed by atoms with Gasteiger partial charge in [0.05, 0.1) is 5.41 Å². The lowest BCUT2D eigenvalue weighted by molar-refractivity contribution is -0.276. The van der Waals surface area contributed by atoms with Crippen molar-refractivity contribution in [1.82, 2.24) is 0 Å². The lowest BCUT2D eigenvalue weighted by atomic mass is 9.51. The maximum Gasteiger partial charge on any atom is 0.342 e. The van der Waals surface area contributed by atoms with E-state index in [2.05, 4.69) is 0 Å². The third-order valence-corrected chi connectivity index (χ3v) is 9.07. The zero-order chi connectivity index (χ0) is 30.0. The summed E-state index contributed by atoms with van der Waals surface area (Å²) in [5.74, 6) is -4.64. The van der Waals surface area contributed by atoms with Gasteiger partial charge in [-0.25, -0.2) is 4.79 Å². The van der Waals surface area contributed by atoms with Gasteiger partial charge in [0.25, 0.3) is 0 Å². The maximum atomic E-state index is 13.1. The van der Waals surface area contributed by atoms with Crippen LogP contribution in [0, 0.1) is 11.3 Å². The Balaban J connectivity index is 2.06. The van der Waals surface area contributed by atoms with Crippen molar-refractivity contribution in [2.75, 3.05) is 0 Å². The fraction of sp³-hybridized carbons (Fsp3) is 0.750. The molecule has 12 nitrogen and oxygen atoms in total. The molecule has 1 spiro atoms. The minimum atomic E-state index is -1.97. The van der Waals surface area contributed by atoms with Gasteiger partial charge in [0, 0.05) is 40.0 Å². The van der Waals surface area contributed by atoms with E-state index >= 15 is 0 Å². The number of carbonyl (C=O) groups excluding carboxylic acids is 5. The Morgan fingerprint density at radius 3 is 1.93 bits per heavy atom. The summed E-state index contributed by atoms with van der Waals surface area (Å²) in [6.07, 6.45) is -3.47. The molecule has 12 heteroatoms. The van der Waals surface area contributed by atoms with Crippen molar-refractivity contribution in [3.8, 4) is 0 Å². The molecule has 0 aromatic carbocycles. The van der Waals surface area contributed by atoms with Crippen molar-refractivity contribution < 1.29 is 57.5 Å². The highest BCUT2D eigenvalue weighted by Crippen LogP contribution is 2.66. The molecule has 0 aromatic heterocycles. The average Bonchev–Trinajstić information content (AvgIpc) is 3.39. The molecule has 222 valence electrons. The van der Waals surface area contributed by atoms with Crippen molar-refractivity contribution in [2.45, 2.75) is 122 Å². The number of epoxide rings is 1. The molecule has 4 aliphatic rings. The van der Waals surface area contributed by atoms with Crippen LogP contribution in [0.25, 0.3) is 0 Å². The monoisotopic (exact) mass is 566 g/mol. The summed E-state index contributed by atoms with van der Waals surface area (Å²) >= 11 is 0. The number of fused-ring (bicyclic) bond motifs is 1. The SMILES string of the molecule is CC(=O)OC1CC(OC(C)=O)C2(C)C(OC(C)=O)CCC(C)=CC3OC(=O)C4(C)OC34C(OC(C)=O)C2C1(C)O. The van der Waals surface area contributed by atoms with Gasteiger partial charge in [0.1, 0.15) is 30.0 Å². The van der Waals surface area contributed by atoms with Gasteiger partial charge in [0.2, 0.25) is 0 Å². The van der Waals surface area contributed by atoms with Crippen molar-refractivity contribution >= 4 is 29.8 Å². The molecule has 1 saturated carbocycles. The molecule has 0 radical (unpaired) electrons. The van der Waals surface area contributed by atoms with Gasteiger partial charge in [-0.15, -0.1) is 0 Å². The summed E-state index contributed by atoms with van der Waals surface area (Å²) < 4.78 is 35.0. The van der Waals surface area contributed by atoms with Crippen LogP contribution >= 0.6 is 0 Å². The predicted octanol–water partition coefficient (Wildman–Crippen LogP) is 1.68. The smallest absolute Gasteiger partial charge is 0.342 e. The van der Waals surface area contributed by atoms with E-state index in [1.807, 2.05) is 6.92 Å². The predicted molar refractivity (Wildman–Crippen MR) is 134 cm³/mol. The Hall–Kier alpha value is -2.99. The average molecular weight is 567 g/mol. The Kier molecular flexibility index (Phi) is 7.37. The minimum Gasteiger partial charge on any atom is -0.462 e. The van der Waals surface area contributed by atoms with E-state index in [0.29, 0.717) is 6.42 Å². The third-order valence-electron chi connectivity index (χ3n) is 9.07. The van der Waals surface area contributed by atoms with Crippen LogP contribution in [-0.4, -0.2) is 82.3 Å². The van der Waals surface area contributed by atoms with E-state index < -0.39 is 88.5 Å². The van der Waals surface area contributed by atoms with Crippen LogP contribution in [0.4, 0.5) is 0 Å². The number of esters is 5. The van der Waals surface area contributed by atoms with E-state index in [0.717, 1.165) is 5.57 Å². The Bertz CT molecular complexity index is 1160. The zero-order valence-corrected chi connectivity index (χ0v) is 24.1. The molecule has 40 heavy (non-hydrogen) atoms. The lowest BCUT2D eigenvalue weighted by Crippen LogP contribution is -2.72. The Labute approximate surface area is 232 Å². The van der Waals surface area contributed by atoms with Gasteiger partial charge in [-0.1, -0.05) is 12.5 Å². The Morgan fingerprint density at radius 1 is 0.875 bits per heavy atom. The number of rotatable bonds is 4. The quantitative estimate of drug-likeness (QED) is 0.227. The van der Waals surface area contributed by atoms with Gasteiger partial charge < -0.3 is 33.5 Å². The summed E-state index contributed by atoms with van der Waals surface area (Å²) in [5, 5.41) is 12.3.